The van der Waals surface area contributed by atoms with Gasteiger partial charge in [0.15, 0.2) is 0 Å². The maximum absolute atomic E-state index is 5.93. The Morgan fingerprint density at radius 1 is 0.580 bits per heavy atom. The molecular weight excluding hydrogens is 760 g/mol. The van der Waals surface area contributed by atoms with E-state index in [1.54, 1.807) is 0 Å². The average Bonchev–Trinajstić information content (AvgIpc) is 3.77. The molecular formula is C38H48Br2N8O2. The summed E-state index contributed by atoms with van der Waals surface area (Å²) in [6.07, 6.45) is 9.84. The number of aryl methyl sites for hydroxylation is 4. The highest BCUT2D eigenvalue weighted by Gasteiger charge is 2.10. The molecule has 266 valence electrons. The molecule has 0 saturated heterocycles. The number of halogens is 2. The zero-order chi connectivity index (χ0) is 35.3. The van der Waals surface area contributed by atoms with Crippen molar-refractivity contribution in [2.24, 2.45) is 0 Å². The molecule has 0 aliphatic heterocycles. The first kappa shape index (κ1) is 37.7. The van der Waals surface area contributed by atoms with Crippen LogP contribution in [0.25, 0.3) is 22.5 Å². The van der Waals surface area contributed by atoms with Gasteiger partial charge in [-0.15, -0.1) is 10.2 Å². The normalized spacial score (nSPS) is 11.5. The van der Waals surface area contributed by atoms with Gasteiger partial charge >= 0.3 is 0 Å². The summed E-state index contributed by atoms with van der Waals surface area (Å²) >= 11 is 7.34. The monoisotopic (exact) mass is 806 g/mol. The van der Waals surface area contributed by atoms with Gasteiger partial charge in [0.2, 0.25) is 0 Å². The molecule has 50 heavy (non-hydrogen) atoms. The quantitative estimate of drug-likeness (QED) is 0.0742. The first-order valence-electron chi connectivity index (χ1n) is 17.3. The van der Waals surface area contributed by atoms with E-state index in [0.717, 1.165) is 108 Å². The standard InChI is InChI=1S/C38H48Br2N8O2/c1-45(2)19-7-23-49-37-17-11-29(25-33(37)39)9-5-21-47-27-35(41-43-47)31-13-15-32(16-14-31)36-28-48(44-42-36)22-6-10-30-12-18-38(34(40)26-30)50-24-8-20-46(3)4/h11-18,25-28H,5-10,19-24H2,1-4H3. The number of rotatable bonds is 20. The summed E-state index contributed by atoms with van der Waals surface area (Å²) in [6.45, 7) is 5.03. The predicted molar refractivity (Wildman–Crippen MR) is 207 cm³/mol. The second-order valence-corrected chi connectivity index (χ2v) is 14.8. The first-order valence-corrected chi connectivity index (χ1v) is 18.8. The van der Waals surface area contributed by atoms with Gasteiger partial charge in [0.25, 0.3) is 0 Å². The van der Waals surface area contributed by atoms with Gasteiger partial charge in [0.1, 0.15) is 22.9 Å². The van der Waals surface area contributed by atoms with E-state index in [1.165, 1.54) is 11.1 Å². The van der Waals surface area contributed by atoms with Gasteiger partial charge in [-0.2, -0.15) is 0 Å². The van der Waals surface area contributed by atoms with Gasteiger partial charge in [-0.1, -0.05) is 46.8 Å². The molecule has 5 aromatic rings. The summed E-state index contributed by atoms with van der Waals surface area (Å²) in [6, 6.07) is 21.0. The molecule has 0 bridgehead atoms. The molecule has 12 heteroatoms. The van der Waals surface area contributed by atoms with E-state index in [4.69, 9.17) is 9.47 Å². The summed E-state index contributed by atoms with van der Waals surface area (Å²) in [5.74, 6) is 1.78. The molecule has 0 N–H and O–H groups in total. The Morgan fingerprint density at radius 2 is 1.00 bits per heavy atom. The third kappa shape index (κ3) is 11.8. The lowest BCUT2D eigenvalue weighted by Gasteiger charge is -2.12. The molecule has 0 fully saturated rings. The number of nitrogens with zero attached hydrogens (tertiary/aromatic N) is 8. The van der Waals surface area contributed by atoms with E-state index in [0.29, 0.717) is 13.2 Å². The molecule has 2 heterocycles. The van der Waals surface area contributed by atoms with Crippen LogP contribution in [0.5, 0.6) is 11.5 Å². The summed E-state index contributed by atoms with van der Waals surface area (Å²) in [5.41, 5.74) is 6.28. The molecule has 0 atom stereocenters. The van der Waals surface area contributed by atoms with Crippen molar-refractivity contribution in [1.82, 2.24) is 39.8 Å². The molecule has 2 aromatic heterocycles. The van der Waals surface area contributed by atoms with Crippen LogP contribution in [0.4, 0.5) is 0 Å². The topological polar surface area (TPSA) is 86.4 Å². The number of ether oxygens (including phenoxy) is 2. The van der Waals surface area contributed by atoms with Gasteiger partial charge in [-0.05, 0) is 134 Å². The Bertz CT molecular complexity index is 1640. The van der Waals surface area contributed by atoms with Crippen LogP contribution in [-0.4, -0.2) is 94.3 Å². The van der Waals surface area contributed by atoms with Crippen molar-refractivity contribution in [2.75, 3.05) is 54.5 Å². The summed E-state index contributed by atoms with van der Waals surface area (Å²) in [5, 5.41) is 17.6. The second kappa shape index (κ2) is 19.1. The predicted octanol–water partition coefficient (Wildman–Crippen LogP) is 7.66. The zero-order valence-electron chi connectivity index (χ0n) is 29.6. The van der Waals surface area contributed by atoms with E-state index in [2.05, 4.69) is 151 Å². The lowest BCUT2D eigenvalue weighted by molar-refractivity contribution is 0.280. The molecule has 3 aromatic carbocycles. The zero-order valence-corrected chi connectivity index (χ0v) is 32.7. The number of aromatic nitrogens is 6. The third-order valence-electron chi connectivity index (χ3n) is 8.27. The van der Waals surface area contributed by atoms with Gasteiger partial charge in [0, 0.05) is 37.3 Å². The highest BCUT2D eigenvalue weighted by Crippen LogP contribution is 2.28. The van der Waals surface area contributed by atoms with Crippen molar-refractivity contribution >= 4 is 31.9 Å². The van der Waals surface area contributed by atoms with Gasteiger partial charge in [-0.3, -0.25) is 9.36 Å². The molecule has 0 aliphatic carbocycles. The van der Waals surface area contributed by atoms with Crippen LogP contribution >= 0.6 is 31.9 Å². The lowest BCUT2D eigenvalue weighted by Crippen LogP contribution is -2.15. The second-order valence-electron chi connectivity index (χ2n) is 13.1. The summed E-state index contributed by atoms with van der Waals surface area (Å²) in [4.78, 5) is 4.33. The van der Waals surface area contributed by atoms with E-state index in [1.807, 2.05) is 21.8 Å². The van der Waals surface area contributed by atoms with E-state index < -0.39 is 0 Å². The van der Waals surface area contributed by atoms with Gasteiger partial charge < -0.3 is 19.3 Å². The fourth-order valence-corrected chi connectivity index (χ4v) is 6.62. The average molecular weight is 809 g/mol. The van der Waals surface area contributed by atoms with Crippen molar-refractivity contribution in [3.05, 3.63) is 93.1 Å². The molecule has 0 radical (unpaired) electrons. The molecule has 0 unspecified atom stereocenters. The SMILES string of the molecule is CN(C)CCCOc1ccc(CCCn2cc(-c3ccc(-c4cn(CCCc5ccc(OCCCN(C)C)c(Br)c5)nn4)cc3)nn2)cc1Br. The van der Waals surface area contributed by atoms with E-state index in [-0.39, 0.29) is 0 Å². The summed E-state index contributed by atoms with van der Waals surface area (Å²) in [7, 11) is 8.30. The minimum Gasteiger partial charge on any atom is -0.492 e. The number of benzene rings is 3. The van der Waals surface area contributed by atoms with Crippen molar-refractivity contribution < 1.29 is 9.47 Å². The van der Waals surface area contributed by atoms with Gasteiger partial charge in [0.05, 0.1) is 34.6 Å². The molecule has 10 nitrogen and oxygen atoms in total. The minimum absolute atomic E-state index is 0.708. The first-order chi connectivity index (χ1) is 24.2. The third-order valence-corrected chi connectivity index (χ3v) is 9.51. The van der Waals surface area contributed by atoms with Gasteiger partial charge in [-0.25, -0.2) is 0 Å². The van der Waals surface area contributed by atoms with Crippen molar-refractivity contribution in [3.8, 4) is 34.0 Å². The Balaban J connectivity index is 1.04. The molecule has 0 saturated carbocycles. The largest absolute Gasteiger partial charge is 0.492 e. The van der Waals surface area contributed by atoms with E-state index >= 15 is 0 Å². The fraction of sp³-hybridized carbons (Fsp3) is 0.421. The molecule has 0 aliphatic rings. The van der Waals surface area contributed by atoms with Crippen LogP contribution in [0.15, 0.2) is 82.0 Å². The highest BCUT2D eigenvalue weighted by atomic mass is 79.9. The molecule has 0 spiro atoms. The minimum atomic E-state index is 0.708. The van der Waals surface area contributed by atoms with Crippen molar-refractivity contribution in [2.45, 2.75) is 51.6 Å². The number of hydrogen-bond acceptors (Lipinski definition) is 8. The molecule has 0 amide bonds. The lowest BCUT2D eigenvalue weighted by atomic mass is 10.1. The maximum Gasteiger partial charge on any atom is 0.133 e. The van der Waals surface area contributed by atoms with Crippen LogP contribution in [0.2, 0.25) is 0 Å². The maximum atomic E-state index is 5.93. The van der Waals surface area contributed by atoms with Crippen molar-refractivity contribution in [1.29, 1.82) is 0 Å². The van der Waals surface area contributed by atoms with Crippen LogP contribution < -0.4 is 9.47 Å². The Kier molecular flexibility index (Phi) is 14.4. The molecule has 5 rings (SSSR count). The van der Waals surface area contributed by atoms with Crippen LogP contribution in [0, 0.1) is 0 Å². The number of hydrogen-bond donors (Lipinski definition) is 0. The van der Waals surface area contributed by atoms with Crippen LogP contribution in [-0.2, 0) is 25.9 Å². The van der Waals surface area contributed by atoms with Crippen LogP contribution in [0.1, 0.15) is 36.8 Å². The fourth-order valence-electron chi connectivity index (χ4n) is 5.54. The van der Waals surface area contributed by atoms with Crippen LogP contribution in [0.3, 0.4) is 0 Å². The Labute approximate surface area is 313 Å². The highest BCUT2D eigenvalue weighted by molar-refractivity contribution is 9.10. The van der Waals surface area contributed by atoms with Crippen molar-refractivity contribution in [3.63, 3.8) is 0 Å². The smallest absolute Gasteiger partial charge is 0.133 e. The van der Waals surface area contributed by atoms with E-state index in [9.17, 15) is 0 Å². The Hall–Kier alpha value is -3.58. The Morgan fingerprint density at radius 3 is 1.38 bits per heavy atom. The summed E-state index contributed by atoms with van der Waals surface area (Å²) < 4.78 is 17.7.